The van der Waals surface area contributed by atoms with Gasteiger partial charge in [-0.05, 0) is 51.1 Å². The third-order valence-electron chi connectivity index (χ3n) is 3.65. The van der Waals surface area contributed by atoms with Crippen molar-refractivity contribution in [1.29, 1.82) is 0 Å². The second-order valence-electron chi connectivity index (χ2n) is 5.85. The molecule has 1 atom stereocenters. The number of nitrogens with zero attached hydrogens (tertiary/aromatic N) is 1. The normalized spacial score (nSPS) is 15.7. The fourth-order valence-electron chi connectivity index (χ4n) is 2.41. The van der Waals surface area contributed by atoms with Gasteiger partial charge in [0.2, 0.25) is 5.91 Å². The summed E-state index contributed by atoms with van der Waals surface area (Å²) in [6, 6.07) is 11.2. The summed E-state index contributed by atoms with van der Waals surface area (Å²) in [6.45, 7) is 8.83. The zero-order chi connectivity index (χ0) is 18.1. The molecule has 25 heavy (non-hydrogen) atoms. The van der Waals surface area contributed by atoms with Crippen molar-refractivity contribution in [3.63, 3.8) is 0 Å². The molecule has 1 fully saturated rings. The van der Waals surface area contributed by atoms with E-state index in [1.54, 1.807) is 12.3 Å². The number of anilines is 1. The number of aryl methyl sites for hydroxylation is 1. The zero-order valence-electron chi connectivity index (χ0n) is 14.8. The van der Waals surface area contributed by atoms with E-state index in [1.165, 1.54) is 0 Å². The van der Waals surface area contributed by atoms with E-state index in [4.69, 9.17) is 4.74 Å². The summed E-state index contributed by atoms with van der Waals surface area (Å²) in [5.74, 6) is 1.45. The monoisotopic (exact) mass is 339 g/mol. The summed E-state index contributed by atoms with van der Waals surface area (Å²) >= 11 is 0. The van der Waals surface area contributed by atoms with E-state index < -0.39 is 0 Å². The summed E-state index contributed by atoms with van der Waals surface area (Å²) in [4.78, 5) is 16.3. The Hall–Kier alpha value is -2.66. The number of hydrogen-bond acceptors (Lipinski definition) is 4. The average Bonchev–Trinajstić information content (AvgIpc) is 3.13. The molecule has 3 rings (SSSR count). The Labute approximate surface area is 149 Å². The number of carbonyl (C=O) groups is 1. The summed E-state index contributed by atoms with van der Waals surface area (Å²) in [7, 11) is 0. The molecule has 5 nitrogen and oxygen atoms in total. The maximum Gasteiger partial charge on any atom is 0.228 e. The zero-order valence-corrected chi connectivity index (χ0v) is 14.8. The van der Waals surface area contributed by atoms with E-state index in [9.17, 15) is 4.79 Å². The number of nitrogens with one attached hydrogen (secondary N) is 2. The predicted molar refractivity (Wildman–Crippen MR) is 101 cm³/mol. The van der Waals surface area contributed by atoms with Crippen LogP contribution in [0.15, 0.2) is 55.3 Å². The maximum atomic E-state index is 12.1. The van der Waals surface area contributed by atoms with Crippen molar-refractivity contribution >= 4 is 11.6 Å². The summed E-state index contributed by atoms with van der Waals surface area (Å²) in [5, 5.41) is 6.14. The van der Waals surface area contributed by atoms with E-state index in [2.05, 4.69) is 22.2 Å². The Kier molecular flexibility index (Phi) is 7.16. The van der Waals surface area contributed by atoms with E-state index >= 15 is 0 Å². The Bertz CT molecular complexity index is 692. The minimum absolute atomic E-state index is 0.0471. The molecule has 0 bridgehead atoms. The fourth-order valence-corrected chi connectivity index (χ4v) is 2.41. The van der Waals surface area contributed by atoms with Crippen LogP contribution in [0.5, 0.6) is 11.5 Å². The molecule has 1 amide bonds. The van der Waals surface area contributed by atoms with Crippen molar-refractivity contribution in [2.75, 3.05) is 18.4 Å². The smallest absolute Gasteiger partial charge is 0.228 e. The van der Waals surface area contributed by atoms with Gasteiger partial charge in [-0.3, -0.25) is 9.78 Å². The van der Waals surface area contributed by atoms with Crippen molar-refractivity contribution in [3.8, 4) is 11.5 Å². The van der Waals surface area contributed by atoms with E-state index in [1.807, 2.05) is 50.2 Å². The third kappa shape index (κ3) is 6.04. The van der Waals surface area contributed by atoms with Crippen molar-refractivity contribution in [1.82, 2.24) is 10.3 Å². The largest absolute Gasteiger partial charge is 0.456 e. The van der Waals surface area contributed by atoms with Gasteiger partial charge in [-0.25, -0.2) is 0 Å². The van der Waals surface area contributed by atoms with Gasteiger partial charge in [0.05, 0.1) is 12.1 Å². The van der Waals surface area contributed by atoms with Crippen LogP contribution in [0.3, 0.4) is 0 Å². The highest BCUT2D eigenvalue weighted by molar-refractivity contribution is 5.93. The van der Waals surface area contributed by atoms with Crippen LogP contribution in [0, 0.1) is 12.8 Å². The van der Waals surface area contributed by atoms with Crippen molar-refractivity contribution in [2.45, 2.75) is 20.3 Å². The van der Waals surface area contributed by atoms with Crippen LogP contribution < -0.4 is 15.4 Å². The molecule has 1 unspecified atom stereocenters. The minimum Gasteiger partial charge on any atom is -0.456 e. The van der Waals surface area contributed by atoms with Gasteiger partial charge in [-0.15, -0.1) is 6.58 Å². The molecule has 0 spiro atoms. The van der Waals surface area contributed by atoms with Gasteiger partial charge in [0.1, 0.15) is 11.5 Å². The molecule has 0 saturated carbocycles. The highest BCUT2D eigenvalue weighted by Gasteiger charge is 2.22. The van der Waals surface area contributed by atoms with Gasteiger partial charge >= 0.3 is 0 Å². The van der Waals surface area contributed by atoms with Gasteiger partial charge in [-0.2, -0.15) is 0 Å². The lowest BCUT2D eigenvalue weighted by atomic mass is 10.1. The number of rotatable bonds is 4. The van der Waals surface area contributed by atoms with E-state index in [0.717, 1.165) is 30.9 Å². The number of allylic oxidation sites excluding steroid dienone is 1. The first-order chi connectivity index (χ1) is 12.1. The Morgan fingerprint density at radius 3 is 2.80 bits per heavy atom. The lowest BCUT2D eigenvalue weighted by Gasteiger charge is -2.11. The SMILES string of the molecule is C=CC.Cc1ccc(Oc2cccc(NC(=O)C3CCNC3)c2)cn1. The first kappa shape index (κ1) is 18.7. The molecule has 2 aromatic rings. The van der Waals surface area contributed by atoms with Crippen LogP contribution in [0.25, 0.3) is 0 Å². The number of pyridine rings is 1. The number of aromatic nitrogens is 1. The molecule has 2 heterocycles. The second kappa shape index (κ2) is 9.59. The molecular formula is C20H25N3O2. The molecule has 1 aromatic heterocycles. The highest BCUT2D eigenvalue weighted by Crippen LogP contribution is 2.24. The average molecular weight is 339 g/mol. The summed E-state index contributed by atoms with van der Waals surface area (Å²) in [5.41, 5.74) is 1.69. The number of carbonyl (C=O) groups excluding carboxylic acids is 1. The molecule has 1 aromatic carbocycles. The van der Waals surface area contributed by atoms with Gasteiger partial charge in [0.25, 0.3) is 0 Å². The van der Waals surface area contributed by atoms with Gasteiger partial charge in [0.15, 0.2) is 0 Å². The molecule has 1 aliphatic heterocycles. The van der Waals surface area contributed by atoms with Gasteiger partial charge < -0.3 is 15.4 Å². The molecule has 1 saturated heterocycles. The van der Waals surface area contributed by atoms with Crippen LogP contribution in [-0.2, 0) is 4.79 Å². The Morgan fingerprint density at radius 1 is 1.36 bits per heavy atom. The van der Waals surface area contributed by atoms with E-state index in [0.29, 0.717) is 11.5 Å². The molecule has 5 heteroatoms. The quantitative estimate of drug-likeness (QED) is 0.829. The molecule has 2 N–H and O–H groups in total. The molecule has 132 valence electrons. The fraction of sp³-hybridized carbons (Fsp3) is 0.300. The van der Waals surface area contributed by atoms with Crippen LogP contribution in [0.4, 0.5) is 5.69 Å². The van der Waals surface area contributed by atoms with Crippen LogP contribution in [0.1, 0.15) is 19.0 Å². The standard InChI is InChI=1S/C17H19N3O2.C3H6/c1-12-5-6-16(11-19-12)22-15-4-2-3-14(9-15)20-17(21)13-7-8-18-10-13;1-3-2/h2-6,9,11,13,18H,7-8,10H2,1H3,(H,20,21);3H,1H2,2H3. The number of hydrogen-bond donors (Lipinski definition) is 2. The first-order valence-corrected chi connectivity index (χ1v) is 8.41. The Balaban J connectivity index is 0.000000701. The molecule has 1 aliphatic rings. The van der Waals surface area contributed by atoms with Crippen LogP contribution in [-0.4, -0.2) is 24.0 Å². The van der Waals surface area contributed by atoms with Crippen LogP contribution in [0.2, 0.25) is 0 Å². The van der Waals surface area contributed by atoms with Crippen molar-refractivity contribution in [2.24, 2.45) is 5.92 Å². The Morgan fingerprint density at radius 2 is 2.16 bits per heavy atom. The first-order valence-electron chi connectivity index (χ1n) is 8.41. The lowest BCUT2D eigenvalue weighted by Crippen LogP contribution is -2.24. The topological polar surface area (TPSA) is 63.2 Å². The molecule has 0 radical (unpaired) electrons. The van der Waals surface area contributed by atoms with Gasteiger partial charge in [-0.1, -0.05) is 12.1 Å². The maximum absolute atomic E-state index is 12.1. The number of ether oxygens (including phenoxy) is 1. The summed E-state index contributed by atoms with van der Waals surface area (Å²) in [6.07, 6.45) is 4.32. The third-order valence-corrected chi connectivity index (χ3v) is 3.65. The minimum atomic E-state index is 0.0471. The van der Waals surface area contributed by atoms with Crippen molar-refractivity contribution in [3.05, 3.63) is 60.9 Å². The molecular weight excluding hydrogens is 314 g/mol. The molecule has 0 aliphatic carbocycles. The van der Waals surface area contributed by atoms with Gasteiger partial charge in [0, 0.05) is 24.0 Å². The second-order valence-corrected chi connectivity index (χ2v) is 5.85. The summed E-state index contributed by atoms with van der Waals surface area (Å²) < 4.78 is 5.75. The lowest BCUT2D eigenvalue weighted by molar-refractivity contribution is -0.119. The van der Waals surface area contributed by atoms with Crippen molar-refractivity contribution < 1.29 is 9.53 Å². The number of amides is 1. The number of benzene rings is 1. The van der Waals surface area contributed by atoms with E-state index in [-0.39, 0.29) is 11.8 Å². The highest BCUT2D eigenvalue weighted by atomic mass is 16.5. The predicted octanol–water partition coefficient (Wildman–Crippen LogP) is 3.92. The van der Waals surface area contributed by atoms with Crippen LogP contribution >= 0.6 is 0 Å².